The molecular formula is C10H12BrN3NiO. The minimum atomic E-state index is -0.567. The number of carbonyl (C=O) groups is 1. The van der Waals surface area contributed by atoms with E-state index in [4.69, 9.17) is 5.84 Å². The molecule has 16 heavy (non-hydrogen) atoms. The number of nitrogens with one attached hydrogen (secondary N) is 1. The van der Waals surface area contributed by atoms with Gasteiger partial charge in [0.25, 0.3) is 0 Å². The first-order valence-electron chi connectivity index (χ1n) is 4.41. The molecule has 0 aliphatic heterocycles. The maximum Gasteiger partial charge on any atom is 2.00 e. The van der Waals surface area contributed by atoms with Gasteiger partial charge in [0.15, 0.2) is 0 Å². The average molecular weight is 329 g/mol. The molecule has 1 aromatic rings. The number of aryl methyl sites for hydroxylation is 1. The first kappa shape index (κ1) is 15.4. The third kappa shape index (κ3) is 3.21. The molecule has 0 aliphatic carbocycles. The summed E-state index contributed by atoms with van der Waals surface area (Å²) in [4.78, 5) is 11.2. The van der Waals surface area contributed by atoms with Crippen molar-refractivity contribution in [2.45, 2.75) is 12.3 Å². The van der Waals surface area contributed by atoms with Crippen LogP contribution in [0.3, 0.4) is 0 Å². The molecule has 0 saturated heterocycles. The van der Waals surface area contributed by atoms with Crippen LogP contribution in [0.2, 0.25) is 0 Å². The summed E-state index contributed by atoms with van der Waals surface area (Å²) in [6, 6.07) is 4.94. The second-order valence-electron chi connectivity index (χ2n) is 3.05. The summed E-state index contributed by atoms with van der Waals surface area (Å²) in [6.45, 7) is 1.95. The van der Waals surface area contributed by atoms with E-state index in [0.29, 0.717) is 11.0 Å². The van der Waals surface area contributed by atoms with E-state index in [1.165, 1.54) is 7.05 Å². The number of carbonyl (C=O) groups excluding carboxylic acids is 1. The number of hydrogen-bond donors (Lipinski definition) is 0. The molecule has 0 bridgehead atoms. The van der Waals surface area contributed by atoms with Gasteiger partial charge in [-0.3, -0.25) is 0 Å². The van der Waals surface area contributed by atoms with Crippen molar-refractivity contribution in [2.75, 3.05) is 12.1 Å². The quantitative estimate of drug-likeness (QED) is 0.463. The van der Waals surface area contributed by atoms with Crippen molar-refractivity contribution in [3.8, 4) is 0 Å². The van der Waals surface area contributed by atoms with E-state index >= 15 is 0 Å². The van der Waals surface area contributed by atoms with Crippen molar-refractivity contribution >= 4 is 27.6 Å². The summed E-state index contributed by atoms with van der Waals surface area (Å²) < 4.78 is 0. The molecule has 0 heterocycles. The normalized spacial score (nSPS) is 9.25. The Morgan fingerprint density at radius 2 is 2.19 bits per heavy atom. The fourth-order valence-corrected chi connectivity index (χ4v) is 2.00. The number of rotatable bonds is 2. The third-order valence-electron chi connectivity index (χ3n) is 2.14. The molecule has 1 N–H and O–H groups in total. The van der Waals surface area contributed by atoms with Gasteiger partial charge in [0.05, 0.1) is 0 Å². The van der Waals surface area contributed by atoms with Gasteiger partial charge in [-0.05, 0) is 18.1 Å². The smallest absolute Gasteiger partial charge is 0.676 e. The van der Waals surface area contributed by atoms with Crippen molar-refractivity contribution in [3.63, 3.8) is 0 Å². The first-order chi connectivity index (χ1) is 7.11. The van der Waals surface area contributed by atoms with Crippen molar-refractivity contribution < 1.29 is 21.3 Å². The molecule has 0 atom stereocenters. The largest absolute Gasteiger partial charge is 2.00 e. The number of hydrogen-bond acceptors (Lipinski definition) is 1. The molecule has 0 saturated carbocycles. The summed E-state index contributed by atoms with van der Waals surface area (Å²) in [5, 5.41) is 4.88. The number of urea groups is 1. The van der Waals surface area contributed by atoms with Crippen LogP contribution in [0.5, 0.6) is 0 Å². The zero-order valence-electron chi connectivity index (χ0n) is 8.94. The van der Waals surface area contributed by atoms with E-state index in [0.717, 1.165) is 16.1 Å². The summed E-state index contributed by atoms with van der Waals surface area (Å²) in [5.41, 5.74) is 2.55. The van der Waals surface area contributed by atoms with E-state index < -0.39 is 6.03 Å². The summed E-state index contributed by atoms with van der Waals surface area (Å²) >= 11 is 3.35. The van der Waals surface area contributed by atoms with Crippen molar-refractivity contribution in [3.05, 3.63) is 40.5 Å². The number of amides is 2. The topological polar surface area (TPSA) is 58.2 Å². The monoisotopic (exact) mass is 327 g/mol. The van der Waals surface area contributed by atoms with Gasteiger partial charge in [-0.15, -0.1) is 0 Å². The predicted molar refractivity (Wildman–Crippen MR) is 65.3 cm³/mol. The molecule has 0 aliphatic rings. The van der Waals surface area contributed by atoms with E-state index in [1.807, 2.05) is 19.1 Å². The molecule has 0 spiro atoms. The summed E-state index contributed by atoms with van der Waals surface area (Å²) in [7, 11) is 1.38. The summed E-state index contributed by atoms with van der Waals surface area (Å²) in [6.07, 6.45) is 0. The maximum absolute atomic E-state index is 11.2. The number of alkyl halides is 1. The van der Waals surface area contributed by atoms with Crippen LogP contribution in [-0.4, -0.2) is 13.1 Å². The number of benzene rings is 1. The van der Waals surface area contributed by atoms with Gasteiger partial charge in [0.1, 0.15) is 6.03 Å². The Balaban J connectivity index is 0.00000225. The van der Waals surface area contributed by atoms with Gasteiger partial charge in [0, 0.05) is 5.33 Å². The van der Waals surface area contributed by atoms with Crippen molar-refractivity contribution in [1.82, 2.24) is 0 Å². The molecule has 6 heteroatoms. The van der Waals surface area contributed by atoms with Gasteiger partial charge >= 0.3 is 16.5 Å². The molecule has 90 valence electrons. The van der Waals surface area contributed by atoms with Crippen molar-refractivity contribution in [1.29, 1.82) is 0 Å². The Hall–Kier alpha value is -0.576. The van der Waals surface area contributed by atoms with Gasteiger partial charge in [0.2, 0.25) is 0 Å². The van der Waals surface area contributed by atoms with Crippen LogP contribution in [0.4, 0.5) is 10.5 Å². The number of halogens is 1. The van der Waals surface area contributed by atoms with E-state index in [2.05, 4.69) is 21.2 Å². The Kier molecular flexibility index (Phi) is 6.64. The maximum atomic E-state index is 11.2. The fourth-order valence-electron chi connectivity index (χ4n) is 1.27. The average Bonchev–Trinajstić information content (AvgIpc) is 2.26. The van der Waals surface area contributed by atoms with E-state index in [1.54, 1.807) is 6.07 Å². The Morgan fingerprint density at radius 1 is 1.56 bits per heavy atom. The molecule has 2 amide bonds. The fraction of sp³-hybridized carbons (Fsp3) is 0.300. The van der Waals surface area contributed by atoms with Crippen molar-refractivity contribution in [2.24, 2.45) is 0 Å². The third-order valence-corrected chi connectivity index (χ3v) is 2.70. The van der Waals surface area contributed by atoms with Crippen LogP contribution >= 0.6 is 15.9 Å². The van der Waals surface area contributed by atoms with Gasteiger partial charge in [-0.25, -0.2) is 0 Å². The molecule has 4 nitrogen and oxygen atoms in total. The number of nitrogens with zero attached hydrogens (tertiary/aromatic N) is 2. The second-order valence-corrected chi connectivity index (χ2v) is 3.61. The van der Waals surface area contributed by atoms with Crippen LogP contribution in [0, 0.1) is 6.92 Å². The molecule has 0 radical (unpaired) electrons. The SMILES string of the molecule is C[N-]C(=O)N([NH-])c1cccc(C)c1CBr.[Ni+2]. The van der Waals surface area contributed by atoms with Gasteiger partial charge in [-0.2, -0.15) is 0 Å². The van der Waals surface area contributed by atoms with Crippen LogP contribution in [0.15, 0.2) is 18.2 Å². The Labute approximate surface area is 114 Å². The minimum Gasteiger partial charge on any atom is -0.676 e. The molecule has 1 rings (SSSR count). The molecular weight excluding hydrogens is 317 g/mol. The minimum absolute atomic E-state index is 0. The van der Waals surface area contributed by atoms with Gasteiger partial charge < -0.3 is 21.0 Å². The van der Waals surface area contributed by atoms with Crippen LogP contribution in [-0.2, 0) is 21.8 Å². The standard InChI is InChI=1S/C10H13BrN3O.Ni/c1-7-4-3-5-9(8(7)6-11)14(12)10(15)13-2;/h3-5,12H,6H2,1-2H3,(H,13,15);/q-1;+2/p-1. The molecule has 0 fully saturated rings. The first-order valence-corrected chi connectivity index (χ1v) is 5.53. The summed E-state index contributed by atoms with van der Waals surface area (Å²) in [5.74, 6) is 7.63. The van der Waals surface area contributed by atoms with Crippen LogP contribution < -0.4 is 5.01 Å². The van der Waals surface area contributed by atoms with E-state index in [9.17, 15) is 4.79 Å². The van der Waals surface area contributed by atoms with Crippen LogP contribution in [0.25, 0.3) is 11.2 Å². The molecule has 1 aromatic carbocycles. The zero-order chi connectivity index (χ0) is 11.4. The van der Waals surface area contributed by atoms with E-state index in [-0.39, 0.29) is 16.5 Å². The predicted octanol–water partition coefficient (Wildman–Crippen LogP) is 3.78. The van der Waals surface area contributed by atoms with Crippen LogP contribution in [0.1, 0.15) is 11.1 Å². The van der Waals surface area contributed by atoms with Gasteiger partial charge in [-0.1, -0.05) is 46.9 Å². The Morgan fingerprint density at radius 3 is 2.69 bits per heavy atom. The molecule has 0 aromatic heterocycles. The second kappa shape index (κ2) is 6.89. The zero-order valence-corrected chi connectivity index (χ0v) is 11.5. The Bertz CT molecular complexity index is 373. The molecule has 0 unspecified atom stereocenters. The number of anilines is 1.